The molecule has 2 N–H and O–H groups in total. The molecule has 0 radical (unpaired) electrons. The normalized spacial score (nSPS) is 11.5. The summed E-state index contributed by atoms with van der Waals surface area (Å²) in [5.74, 6) is -0.568. The molecule has 7 heteroatoms. The topological polar surface area (TPSA) is 57.8 Å². The molecule has 0 saturated heterocycles. The Bertz CT molecular complexity index is 662. The number of halogens is 3. The van der Waals surface area contributed by atoms with E-state index < -0.39 is 23.2 Å². The zero-order valence-electron chi connectivity index (χ0n) is 11.5. The summed E-state index contributed by atoms with van der Waals surface area (Å²) in [6.07, 6.45) is -3.97. The van der Waals surface area contributed by atoms with Crippen LogP contribution in [0.4, 0.5) is 19.0 Å². The first kappa shape index (κ1) is 15.1. The first-order valence-electron chi connectivity index (χ1n) is 6.36. The fraction of sp³-hybridized carbons (Fsp3) is 0.286. The lowest BCUT2D eigenvalue weighted by Gasteiger charge is -2.12. The average Bonchev–Trinajstić information content (AvgIpc) is 2.78. The molecule has 1 heterocycles. The lowest BCUT2D eigenvalue weighted by Crippen LogP contribution is -2.19. The van der Waals surface area contributed by atoms with E-state index in [0.29, 0.717) is 6.42 Å². The Hall–Kier alpha value is -2.31. The molecule has 0 spiro atoms. The van der Waals surface area contributed by atoms with Gasteiger partial charge in [-0.25, -0.2) is 0 Å². The van der Waals surface area contributed by atoms with Crippen LogP contribution in [0, 0.1) is 6.92 Å². The van der Waals surface area contributed by atoms with E-state index in [1.54, 1.807) is 6.92 Å². The first-order valence-corrected chi connectivity index (χ1v) is 6.36. The zero-order valence-corrected chi connectivity index (χ0v) is 11.5. The van der Waals surface area contributed by atoms with Crippen molar-refractivity contribution >= 4 is 11.7 Å². The van der Waals surface area contributed by atoms with Crippen molar-refractivity contribution in [1.82, 2.24) is 10.2 Å². The highest BCUT2D eigenvalue weighted by Gasteiger charge is 2.35. The third-order valence-electron chi connectivity index (χ3n) is 3.14. The van der Waals surface area contributed by atoms with Crippen molar-refractivity contribution in [2.75, 3.05) is 5.32 Å². The number of alkyl halides is 3. The summed E-state index contributed by atoms with van der Waals surface area (Å²) < 4.78 is 38.7. The van der Waals surface area contributed by atoms with E-state index in [2.05, 4.69) is 15.5 Å². The van der Waals surface area contributed by atoms with Gasteiger partial charge in [0.15, 0.2) is 5.82 Å². The number of aromatic nitrogens is 2. The summed E-state index contributed by atoms with van der Waals surface area (Å²) in [7, 11) is 0. The smallest absolute Gasteiger partial charge is 0.305 e. The Kier molecular flexibility index (Phi) is 4.02. The number of rotatable bonds is 3. The quantitative estimate of drug-likeness (QED) is 0.910. The minimum absolute atomic E-state index is 0.261. The van der Waals surface area contributed by atoms with Crippen molar-refractivity contribution in [3.05, 3.63) is 46.6 Å². The van der Waals surface area contributed by atoms with Crippen LogP contribution in [0.25, 0.3) is 0 Å². The molecule has 1 aromatic heterocycles. The van der Waals surface area contributed by atoms with E-state index in [0.717, 1.165) is 23.4 Å². The average molecular weight is 297 g/mol. The van der Waals surface area contributed by atoms with Gasteiger partial charge in [0.25, 0.3) is 5.91 Å². The van der Waals surface area contributed by atoms with Gasteiger partial charge >= 0.3 is 6.18 Å². The molecule has 2 rings (SSSR count). The van der Waals surface area contributed by atoms with Gasteiger partial charge in [-0.2, -0.15) is 18.3 Å². The summed E-state index contributed by atoms with van der Waals surface area (Å²) in [6, 6.07) is 4.66. The number of hydrogen-bond acceptors (Lipinski definition) is 2. The molecule has 1 aromatic carbocycles. The van der Waals surface area contributed by atoms with Gasteiger partial charge in [0.1, 0.15) is 0 Å². The van der Waals surface area contributed by atoms with E-state index in [1.807, 2.05) is 6.92 Å². The van der Waals surface area contributed by atoms with E-state index in [9.17, 15) is 18.0 Å². The fourth-order valence-electron chi connectivity index (χ4n) is 2.09. The molecule has 0 aliphatic carbocycles. The molecule has 0 bridgehead atoms. The van der Waals surface area contributed by atoms with Crippen LogP contribution >= 0.6 is 0 Å². The number of nitrogens with one attached hydrogen (secondary N) is 2. The highest BCUT2D eigenvalue weighted by Crippen LogP contribution is 2.32. The first-order chi connectivity index (χ1) is 9.84. The van der Waals surface area contributed by atoms with Crippen LogP contribution in [0.1, 0.15) is 34.1 Å². The third kappa shape index (κ3) is 3.07. The second kappa shape index (κ2) is 5.59. The molecule has 2 aromatic rings. The number of nitrogens with zero attached hydrogens (tertiary/aromatic N) is 1. The summed E-state index contributed by atoms with van der Waals surface area (Å²) in [4.78, 5) is 12.1. The van der Waals surface area contributed by atoms with Crippen LogP contribution in [0.2, 0.25) is 0 Å². The highest BCUT2D eigenvalue weighted by molar-refractivity contribution is 6.05. The lowest BCUT2D eigenvalue weighted by molar-refractivity contribution is -0.137. The number of anilines is 1. The summed E-state index contributed by atoms with van der Waals surface area (Å²) in [5.41, 5.74) is 0.158. The maximum Gasteiger partial charge on any atom is 0.417 e. The van der Waals surface area contributed by atoms with Gasteiger partial charge < -0.3 is 5.32 Å². The minimum Gasteiger partial charge on any atom is -0.305 e. The third-order valence-corrected chi connectivity index (χ3v) is 3.14. The second-order valence-electron chi connectivity index (χ2n) is 4.53. The molecular formula is C14H14F3N3O. The molecule has 21 heavy (non-hydrogen) atoms. The number of aromatic amines is 1. The van der Waals surface area contributed by atoms with Gasteiger partial charge in [0, 0.05) is 11.3 Å². The molecule has 0 aliphatic heterocycles. The van der Waals surface area contributed by atoms with Crippen molar-refractivity contribution in [3.63, 3.8) is 0 Å². The molecule has 1 amide bonds. The molecule has 4 nitrogen and oxygen atoms in total. The second-order valence-corrected chi connectivity index (χ2v) is 4.53. The van der Waals surface area contributed by atoms with Crippen LogP contribution in [0.5, 0.6) is 0 Å². The molecule has 112 valence electrons. The Labute approximate surface area is 119 Å². The molecule has 0 unspecified atom stereocenters. The predicted octanol–water partition coefficient (Wildman–Crippen LogP) is 3.55. The molecule has 0 saturated carbocycles. The number of carbonyl (C=O) groups is 1. The summed E-state index contributed by atoms with van der Waals surface area (Å²) in [5, 5.41) is 9.04. The number of H-pyrrole nitrogens is 1. The Morgan fingerprint density at radius 2 is 2.00 bits per heavy atom. The van der Waals surface area contributed by atoms with Crippen molar-refractivity contribution in [2.24, 2.45) is 0 Å². The molecule has 0 atom stereocenters. The van der Waals surface area contributed by atoms with Crippen LogP contribution in [-0.4, -0.2) is 16.1 Å². The van der Waals surface area contributed by atoms with E-state index in [-0.39, 0.29) is 5.82 Å². The van der Waals surface area contributed by atoms with E-state index in [4.69, 9.17) is 0 Å². The predicted molar refractivity (Wildman–Crippen MR) is 72.1 cm³/mol. The summed E-state index contributed by atoms with van der Waals surface area (Å²) >= 11 is 0. The van der Waals surface area contributed by atoms with Gasteiger partial charge in [0.2, 0.25) is 0 Å². The Balaban J connectivity index is 2.33. The van der Waals surface area contributed by atoms with Crippen LogP contribution in [0.3, 0.4) is 0 Å². The standard InChI is InChI=1S/C14H14F3N3O/c1-3-9-8(2)19-20-12(9)18-13(21)10-6-4-5-7-11(10)14(15,16)17/h4-7H,3H2,1-2H3,(H2,18,19,20,21). The summed E-state index contributed by atoms with van der Waals surface area (Å²) in [6.45, 7) is 3.66. The van der Waals surface area contributed by atoms with Crippen LogP contribution < -0.4 is 5.32 Å². The number of hydrogen-bond donors (Lipinski definition) is 2. The van der Waals surface area contributed by atoms with Crippen molar-refractivity contribution in [3.8, 4) is 0 Å². The number of aryl methyl sites for hydroxylation is 1. The number of carbonyl (C=O) groups excluding carboxylic acids is 1. The zero-order chi connectivity index (χ0) is 15.6. The Morgan fingerprint density at radius 3 is 2.62 bits per heavy atom. The van der Waals surface area contributed by atoms with E-state index >= 15 is 0 Å². The maximum atomic E-state index is 12.9. The monoisotopic (exact) mass is 297 g/mol. The van der Waals surface area contributed by atoms with Crippen molar-refractivity contribution in [2.45, 2.75) is 26.4 Å². The van der Waals surface area contributed by atoms with Gasteiger partial charge in [-0.1, -0.05) is 19.1 Å². The number of benzene rings is 1. The van der Waals surface area contributed by atoms with Crippen molar-refractivity contribution in [1.29, 1.82) is 0 Å². The van der Waals surface area contributed by atoms with Gasteiger partial charge in [0.05, 0.1) is 11.1 Å². The highest BCUT2D eigenvalue weighted by atomic mass is 19.4. The lowest BCUT2D eigenvalue weighted by atomic mass is 10.1. The Morgan fingerprint density at radius 1 is 1.33 bits per heavy atom. The van der Waals surface area contributed by atoms with E-state index in [1.165, 1.54) is 12.1 Å². The van der Waals surface area contributed by atoms with Crippen molar-refractivity contribution < 1.29 is 18.0 Å². The number of amides is 1. The van der Waals surface area contributed by atoms with Gasteiger partial charge in [-0.15, -0.1) is 0 Å². The minimum atomic E-state index is -4.58. The molecule has 0 aliphatic rings. The van der Waals surface area contributed by atoms with Crippen LogP contribution in [-0.2, 0) is 12.6 Å². The molecular weight excluding hydrogens is 283 g/mol. The SMILES string of the molecule is CCc1c(NC(=O)c2ccccc2C(F)(F)F)n[nH]c1C. The fourth-order valence-corrected chi connectivity index (χ4v) is 2.09. The van der Waals surface area contributed by atoms with Gasteiger partial charge in [-0.3, -0.25) is 9.89 Å². The molecule has 0 fully saturated rings. The van der Waals surface area contributed by atoms with Crippen LogP contribution in [0.15, 0.2) is 24.3 Å². The largest absolute Gasteiger partial charge is 0.417 e. The van der Waals surface area contributed by atoms with Gasteiger partial charge in [-0.05, 0) is 25.5 Å². The maximum absolute atomic E-state index is 12.9.